The molecule has 1 heterocycles. The maximum absolute atomic E-state index is 12.0. The van der Waals surface area contributed by atoms with Crippen LogP contribution in [-0.2, 0) is 11.3 Å². The first-order chi connectivity index (χ1) is 11.5. The zero-order valence-electron chi connectivity index (χ0n) is 15.2. The second kappa shape index (κ2) is 9.64. The molecule has 1 saturated heterocycles. The monoisotopic (exact) mass is 333 g/mol. The third-order valence-electron chi connectivity index (χ3n) is 4.49. The Morgan fingerprint density at radius 3 is 2.46 bits per heavy atom. The summed E-state index contributed by atoms with van der Waals surface area (Å²) in [6.45, 7) is 9.74. The van der Waals surface area contributed by atoms with Crippen LogP contribution in [0.15, 0.2) is 30.3 Å². The average Bonchev–Trinajstić information content (AvgIpc) is 2.58. The summed E-state index contributed by atoms with van der Waals surface area (Å²) in [6, 6.07) is 10.1. The van der Waals surface area contributed by atoms with E-state index in [0.717, 1.165) is 38.2 Å². The first-order valence-corrected chi connectivity index (χ1v) is 8.91. The molecule has 0 bridgehead atoms. The Bertz CT molecular complexity index is 485. The number of amides is 1. The van der Waals surface area contributed by atoms with E-state index >= 15 is 0 Å². The number of likely N-dealkylation sites (N-methyl/N-ethyl adjacent to an activating group) is 1. The average molecular weight is 333 g/mol. The lowest BCUT2D eigenvalue weighted by molar-refractivity contribution is 0.0939. The largest absolute Gasteiger partial charge is 0.445 e. The molecule has 1 atom stereocenters. The fourth-order valence-electron chi connectivity index (χ4n) is 3.07. The summed E-state index contributed by atoms with van der Waals surface area (Å²) in [7, 11) is 2.16. The van der Waals surface area contributed by atoms with Crippen LogP contribution in [0.3, 0.4) is 0 Å². The van der Waals surface area contributed by atoms with E-state index in [9.17, 15) is 4.79 Å². The minimum Gasteiger partial charge on any atom is -0.445 e. The van der Waals surface area contributed by atoms with Gasteiger partial charge >= 0.3 is 6.09 Å². The van der Waals surface area contributed by atoms with Gasteiger partial charge in [0, 0.05) is 38.8 Å². The van der Waals surface area contributed by atoms with Crippen molar-refractivity contribution in [2.45, 2.75) is 32.9 Å². The Balaban J connectivity index is 1.77. The van der Waals surface area contributed by atoms with Crippen molar-refractivity contribution in [2.24, 2.45) is 5.92 Å². The van der Waals surface area contributed by atoms with Crippen LogP contribution in [-0.4, -0.2) is 61.7 Å². The molecule has 0 saturated carbocycles. The quantitative estimate of drug-likeness (QED) is 0.833. The number of ether oxygens (including phenoxy) is 1. The second-order valence-corrected chi connectivity index (χ2v) is 7.07. The molecule has 1 aliphatic heterocycles. The van der Waals surface area contributed by atoms with Gasteiger partial charge in [0.1, 0.15) is 6.61 Å². The minimum absolute atomic E-state index is 0.316. The first-order valence-electron chi connectivity index (χ1n) is 8.91. The molecule has 0 aromatic heterocycles. The molecule has 24 heavy (non-hydrogen) atoms. The van der Waals surface area contributed by atoms with Crippen LogP contribution in [0.25, 0.3) is 0 Å². The van der Waals surface area contributed by atoms with Gasteiger partial charge in [0.05, 0.1) is 0 Å². The number of nitrogens with zero attached hydrogens (tertiary/aromatic N) is 2. The highest BCUT2D eigenvalue weighted by molar-refractivity contribution is 5.67. The molecule has 5 nitrogen and oxygen atoms in total. The third-order valence-corrected chi connectivity index (χ3v) is 4.49. The molecule has 1 aromatic carbocycles. The summed E-state index contributed by atoms with van der Waals surface area (Å²) < 4.78 is 5.31. The van der Waals surface area contributed by atoms with Crippen molar-refractivity contribution in [3.8, 4) is 0 Å². The molecule has 1 N–H and O–H groups in total. The molecule has 0 spiro atoms. The Kier molecular flexibility index (Phi) is 7.53. The molecule has 0 radical (unpaired) electrons. The van der Waals surface area contributed by atoms with Gasteiger partial charge in [-0.25, -0.2) is 4.79 Å². The van der Waals surface area contributed by atoms with Gasteiger partial charge in [-0.1, -0.05) is 44.2 Å². The van der Waals surface area contributed by atoms with Crippen LogP contribution in [0.1, 0.15) is 25.8 Å². The number of rotatable bonds is 7. The van der Waals surface area contributed by atoms with Crippen LogP contribution in [0.4, 0.5) is 4.79 Å². The van der Waals surface area contributed by atoms with Crippen molar-refractivity contribution < 1.29 is 9.53 Å². The molecular weight excluding hydrogens is 302 g/mol. The van der Waals surface area contributed by atoms with Gasteiger partial charge in [-0.2, -0.15) is 0 Å². The number of piperazine rings is 1. The molecule has 1 unspecified atom stereocenters. The number of nitrogens with one attached hydrogen (secondary N) is 1. The van der Waals surface area contributed by atoms with Gasteiger partial charge in [0.2, 0.25) is 0 Å². The summed E-state index contributed by atoms with van der Waals surface area (Å²) in [6.07, 6.45) is 0.754. The molecule has 134 valence electrons. The van der Waals surface area contributed by atoms with Crippen molar-refractivity contribution in [3.05, 3.63) is 35.9 Å². The summed E-state index contributed by atoms with van der Waals surface area (Å²) >= 11 is 0. The molecule has 1 aliphatic rings. The lowest BCUT2D eigenvalue weighted by Crippen LogP contribution is -2.52. The number of benzene rings is 1. The van der Waals surface area contributed by atoms with Gasteiger partial charge in [0.25, 0.3) is 0 Å². The maximum Gasteiger partial charge on any atom is 0.407 e. The topological polar surface area (TPSA) is 44.8 Å². The zero-order chi connectivity index (χ0) is 17.4. The highest BCUT2D eigenvalue weighted by Gasteiger charge is 2.23. The Morgan fingerprint density at radius 2 is 1.83 bits per heavy atom. The normalized spacial score (nSPS) is 17.7. The molecule has 1 aromatic rings. The third kappa shape index (κ3) is 6.49. The van der Waals surface area contributed by atoms with Crippen molar-refractivity contribution in [3.63, 3.8) is 0 Å². The minimum atomic E-state index is -0.332. The number of carbonyl (C=O) groups excluding carboxylic acids is 1. The molecule has 1 fully saturated rings. The van der Waals surface area contributed by atoms with E-state index in [4.69, 9.17) is 4.74 Å². The summed E-state index contributed by atoms with van der Waals surface area (Å²) in [5, 5.41) is 2.95. The summed E-state index contributed by atoms with van der Waals surface area (Å²) in [5.74, 6) is 0.608. The zero-order valence-corrected chi connectivity index (χ0v) is 15.2. The van der Waals surface area contributed by atoms with Crippen LogP contribution in [0, 0.1) is 5.92 Å². The fraction of sp³-hybridized carbons (Fsp3) is 0.632. The van der Waals surface area contributed by atoms with Crippen molar-refractivity contribution >= 4 is 6.09 Å². The van der Waals surface area contributed by atoms with Crippen LogP contribution >= 0.6 is 0 Å². The fourth-order valence-corrected chi connectivity index (χ4v) is 3.07. The molecule has 0 aliphatic carbocycles. The van der Waals surface area contributed by atoms with Crippen LogP contribution < -0.4 is 5.32 Å². The number of hydrogen-bond acceptors (Lipinski definition) is 4. The van der Waals surface area contributed by atoms with Crippen molar-refractivity contribution in [2.75, 3.05) is 39.8 Å². The molecular formula is C19H31N3O2. The SMILES string of the molecule is CC(C)CC(CNC(=O)OCc1ccccc1)N1CCN(C)CC1. The Hall–Kier alpha value is -1.59. The van der Waals surface area contributed by atoms with Gasteiger partial charge in [-0.15, -0.1) is 0 Å². The van der Waals surface area contributed by atoms with Gasteiger partial charge < -0.3 is 15.0 Å². The van der Waals surface area contributed by atoms with E-state index < -0.39 is 0 Å². The standard InChI is InChI=1S/C19H31N3O2/c1-16(2)13-18(22-11-9-21(3)10-12-22)14-20-19(23)24-15-17-7-5-4-6-8-17/h4-8,16,18H,9-15H2,1-3H3,(H,20,23). The lowest BCUT2D eigenvalue weighted by atomic mass is 10.0. The molecule has 1 amide bonds. The van der Waals surface area contributed by atoms with Gasteiger partial charge in [0.15, 0.2) is 0 Å². The lowest BCUT2D eigenvalue weighted by Gasteiger charge is -2.38. The van der Waals surface area contributed by atoms with Crippen LogP contribution in [0.2, 0.25) is 0 Å². The van der Waals surface area contributed by atoms with E-state index in [1.807, 2.05) is 30.3 Å². The number of alkyl carbamates (subject to hydrolysis) is 1. The van der Waals surface area contributed by atoms with E-state index in [1.54, 1.807) is 0 Å². The van der Waals surface area contributed by atoms with Crippen molar-refractivity contribution in [1.29, 1.82) is 0 Å². The highest BCUT2D eigenvalue weighted by Crippen LogP contribution is 2.13. The predicted octanol–water partition coefficient (Wildman–Crippen LogP) is 2.57. The number of hydrogen-bond donors (Lipinski definition) is 1. The van der Waals surface area contributed by atoms with E-state index in [2.05, 4.69) is 36.0 Å². The smallest absolute Gasteiger partial charge is 0.407 e. The highest BCUT2D eigenvalue weighted by atomic mass is 16.5. The second-order valence-electron chi connectivity index (χ2n) is 7.07. The van der Waals surface area contributed by atoms with Gasteiger partial charge in [-0.05, 0) is 24.9 Å². The first kappa shape index (κ1) is 18.7. The van der Waals surface area contributed by atoms with Crippen LogP contribution in [0.5, 0.6) is 0 Å². The van der Waals surface area contributed by atoms with Gasteiger partial charge in [-0.3, -0.25) is 4.90 Å². The Labute approximate surface area is 146 Å². The van der Waals surface area contributed by atoms with E-state index in [0.29, 0.717) is 25.1 Å². The maximum atomic E-state index is 12.0. The Morgan fingerprint density at radius 1 is 1.17 bits per heavy atom. The van der Waals surface area contributed by atoms with Crippen molar-refractivity contribution in [1.82, 2.24) is 15.1 Å². The molecule has 5 heteroatoms. The summed E-state index contributed by atoms with van der Waals surface area (Å²) in [4.78, 5) is 16.8. The number of carbonyl (C=O) groups is 1. The summed E-state index contributed by atoms with van der Waals surface area (Å²) in [5.41, 5.74) is 1.01. The van der Waals surface area contributed by atoms with E-state index in [1.165, 1.54) is 0 Å². The van der Waals surface area contributed by atoms with E-state index in [-0.39, 0.29) is 6.09 Å². The molecule has 2 rings (SSSR count). The predicted molar refractivity (Wildman–Crippen MR) is 96.9 cm³/mol.